The molecule has 0 aromatic rings. The lowest BCUT2D eigenvalue weighted by Gasteiger charge is -2.37. The Morgan fingerprint density at radius 1 is 1.26 bits per heavy atom. The zero-order chi connectivity index (χ0) is 16.8. The van der Waals surface area contributed by atoms with Gasteiger partial charge < -0.3 is 25.1 Å². The third-order valence-corrected chi connectivity index (χ3v) is 5.21. The number of aliphatic hydroxyl groups excluding tert-OH is 1. The summed E-state index contributed by atoms with van der Waals surface area (Å²) in [6.45, 7) is 7.66. The second-order valence-electron chi connectivity index (χ2n) is 7.46. The molecule has 2 saturated heterocycles. The van der Waals surface area contributed by atoms with Crippen molar-refractivity contribution in [2.75, 3.05) is 53.4 Å². The molecule has 2 aliphatic heterocycles. The first-order valence-corrected chi connectivity index (χ1v) is 9.06. The Hall–Kier alpha value is -0.850. The van der Waals surface area contributed by atoms with E-state index in [0.29, 0.717) is 12.6 Å². The van der Waals surface area contributed by atoms with E-state index in [1.165, 1.54) is 0 Å². The first kappa shape index (κ1) is 18.5. The van der Waals surface area contributed by atoms with Crippen LogP contribution in [0.5, 0.6) is 0 Å². The summed E-state index contributed by atoms with van der Waals surface area (Å²) in [5.41, 5.74) is 0. The Labute approximate surface area is 140 Å². The maximum atomic E-state index is 12.4. The van der Waals surface area contributed by atoms with Crippen molar-refractivity contribution < 1.29 is 9.90 Å². The maximum Gasteiger partial charge on any atom is 0.317 e. The molecular weight excluding hydrogens is 292 g/mol. The van der Waals surface area contributed by atoms with Gasteiger partial charge in [0.2, 0.25) is 0 Å². The minimum Gasteiger partial charge on any atom is -0.393 e. The van der Waals surface area contributed by atoms with E-state index in [9.17, 15) is 9.90 Å². The van der Waals surface area contributed by atoms with Gasteiger partial charge in [-0.1, -0.05) is 0 Å². The molecule has 23 heavy (non-hydrogen) atoms. The number of nitrogens with one attached hydrogen (secondary N) is 1. The summed E-state index contributed by atoms with van der Waals surface area (Å²) >= 11 is 0. The summed E-state index contributed by atoms with van der Waals surface area (Å²) in [5, 5.41) is 13.0. The molecule has 0 aliphatic carbocycles. The van der Waals surface area contributed by atoms with Crippen LogP contribution in [0.15, 0.2) is 0 Å². The van der Waals surface area contributed by atoms with Crippen molar-refractivity contribution in [2.45, 2.75) is 44.8 Å². The Morgan fingerprint density at radius 3 is 2.57 bits per heavy atom. The van der Waals surface area contributed by atoms with Gasteiger partial charge in [0, 0.05) is 51.2 Å². The molecule has 0 bridgehead atoms. The predicted molar refractivity (Wildman–Crippen MR) is 92.5 cm³/mol. The topological polar surface area (TPSA) is 59.1 Å². The van der Waals surface area contributed by atoms with Gasteiger partial charge in [-0.3, -0.25) is 0 Å². The summed E-state index contributed by atoms with van der Waals surface area (Å²) in [4.78, 5) is 19.0. The van der Waals surface area contributed by atoms with Crippen molar-refractivity contribution in [3.05, 3.63) is 0 Å². The monoisotopic (exact) mass is 326 g/mol. The normalized spacial score (nSPS) is 25.6. The molecule has 2 heterocycles. The average Bonchev–Trinajstić information content (AvgIpc) is 2.54. The quantitative estimate of drug-likeness (QED) is 0.785. The lowest BCUT2D eigenvalue weighted by Crippen LogP contribution is -2.52. The van der Waals surface area contributed by atoms with Crippen LogP contribution in [0.2, 0.25) is 0 Å². The molecule has 2 unspecified atom stereocenters. The van der Waals surface area contributed by atoms with Crippen LogP contribution in [0.3, 0.4) is 0 Å². The van der Waals surface area contributed by atoms with Gasteiger partial charge in [0.05, 0.1) is 6.10 Å². The highest BCUT2D eigenvalue weighted by molar-refractivity contribution is 5.74. The van der Waals surface area contributed by atoms with Gasteiger partial charge in [0.1, 0.15) is 0 Å². The number of hydrogen-bond acceptors (Lipinski definition) is 4. The van der Waals surface area contributed by atoms with E-state index in [4.69, 9.17) is 0 Å². The number of likely N-dealkylation sites (tertiary alicyclic amines) is 2. The molecule has 2 fully saturated rings. The highest BCUT2D eigenvalue weighted by atomic mass is 16.3. The van der Waals surface area contributed by atoms with Gasteiger partial charge in [0.15, 0.2) is 0 Å². The molecule has 0 aromatic heterocycles. The van der Waals surface area contributed by atoms with E-state index < -0.39 is 0 Å². The zero-order valence-corrected chi connectivity index (χ0v) is 15.0. The summed E-state index contributed by atoms with van der Waals surface area (Å²) in [6.07, 6.45) is 3.75. The molecule has 134 valence electrons. The van der Waals surface area contributed by atoms with Gasteiger partial charge in [0.25, 0.3) is 0 Å². The Kier molecular flexibility index (Phi) is 7.11. The van der Waals surface area contributed by atoms with Crippen LogP contribution in [0.25, 0.3) is 0 Å². The standard InChI is InChI=1S/C17H34N4O2/c1-14(22)15-5-4-8-21(13-15)17(23)18-16-6-9-20(10-7-16)12-11-19(2)3/h14-16,22H,4-13H2,1-3H3,(H,18,23). The number of aliphatic hydroxyl groups is 1. The fourth-order valence-electron chi connectivity index (χ4n) is 3.50. The maximum absolute atomic E-state index is 12.4. The second-order valence-corrected chi connectivity index (χ2v) is 7.46. The van der Waals surface area contributed by atoms with Crippen LogP contribution in [0.4, 0.5) is 4.79 Å². The van der Waals surface area contributed by atoms with Crippen LogP contribution in [-0.4, -0.2) is 91.3 Å². The molecule has 2 aliphatic rings. The van der Waals surface area contributed by atoms with Crippen LogP contribution >= 0.6 is 0 Å². The van der Waals surface area contributed by atoms with E-state index in [-0.39, 0.29) is 18.1 Å². The lowest BCUT2D eigenvalue weighted by molar-refractivity contribution is 0.0724. The number of piperidine rings is 2. The van der Waals surface area contributed by atoms with E-state index >= 15 is 0 Å². The predicted octanol–water partition coefficient (Wildman–Crippen LogP) is 0.815. The van der Waals surface area contributed by atoms with E-state index in [0.717, 1.165) is 58.4 Å². The molecule has 2 rings (SSSR count). The number of hydrogen-bond donors (Lipinski definition) is 2. The van der Waals surface area contributed by atoms with Crippen molar-refractivity contribution >= 4 is 6.03 Å². The third-order valence-electron chi connectivity index (χ3n) is 5.21. The first-order chi connectivity index (χ1) is 11.0. The molecule has 2 amide bonds. The van der Waals surface area contributed by atoms with Crippen LogP contribution in [0.1, 0.15) is 32.6 Å². The second kappa shape index (κ2) is 8.85. The molecule has 0 aromatic carbocycles. The molecule has 0 spiro atoms. The number of likely N-dealkylation sites (N-methyl/N-ethyl adjacent to an activating group) is 1. The van der Waals surface area contributed by atoms with Gasteiger partial charge in [-0.2, -0.15) is 0 Å². The Bertz CT molecular complexity index is 368. The number of rotatable bonds is 5. The highest BCUT2D eigenvalue weighted by Gasteiger charge is 2.28. The Balaban J connectivity index is 1.70. The van der Waals surface area contributed by atoms with E-state index in [2.05, 4.69) is 29.2 Å². The number of nitrogens with zero attached hydrogens (tertiary/aromatic N) is 3. The number of urea groups is 1. The fraction of sp³-hybridized carbons (Fsp3) is 0.941. The summed E-state index contributed by atoms with van der Waals surface area (Å²) in [6, 6.07) is 0.354. The highest BCUT2D eigenvalue weighted by Crippen LogP contribution is 2.20. The van der Waals surface area contributed by atoms with Crippen molar-refractivity contribution in [1.82, 2.24) is 20.0 Å². The van der Waals surface area contributed by atoms with Crippen LogP contribution in [0, 0.1) is 5.92 Å². The molecular formula is C17H34N4O2. The van der Waals surface area contributed by atoms with Crippen molar-refractivity contribution in [1.29, 1.82) is 0 Å². The number of carbonyl (C=O) groups excluding carboxylic acids is 1. The SMILES string of the molecule is CC(O)C1CCCN(C(=O)NC2CCN(CCN(C)C)CC2)C1. The fourth-order valence-corrected chi connectivity index (χ4v) is 3.50. The first-order valence-electron chi connectivity index (χ1n) is 9.06. The molecule has 0 radical (unpaired) electrons. The van der Waals surface area contributed by atoms with Gasteiger partial charge in [-0.25, -0.2) is 4.79 Å². The number of amides is 2. The zero-order valence-electron chi connectivity index (χ0n) is 15.0. The number of carbonyl (C=O) groups is 1. The van der Waals surface area contributed by atoms with Gasteiger partial charge in [-0.15, -0.1) is 0 Å². The van der Waals surface area contributed by atoms with Crippen molar-refractivity contribution in [3.8, 4) is 0 Å². The Morgan fingerprint density at radius 2 is 1.96 bits per heavy atom. The van der Waals surface area contributed by atoms with Crippen LogP contribution < -0.4 is 5.32 Å². The lowest BCUT2D eigenvalue weighted by atomic mass is 9.93. The minimum absolute atomic E-state index is 0.0575. The average molecular weight is 326 g/mol. The molecule has 6 heteroatoms. The molecule has 2 atom stereocenters. The van der Waals surface area contributed by atoms with Crippen molar-refractivity contribution in [2.24, 2.45) is 5.92 Å². The van der Waals surface area contributed by atoms with Crippen LogP contribution in [-0.2, 0) is 0 Å². The smallest absolute Gasteiger partial charge is 0.317 e. The van der Waals surface area contributed by atoms with E-state index in [1.807, 2.05) is 11.8 Å². The van der Waals surface area contributed by atoms with Crippen molar-refractivity contribution in [3.63, 3.8) is 0 Å². The summed E-state index contributed by atoms with van der Waals surface area (Å²) in [7, 11) is 4.21. The summed E-state index contributed by atoms with van der Waals surface area (Å²) < 4.78 is 0. The van der Waals surface area contributed by atoms with Gasteiger partial charge in [-0.05, 0) is 46.7 Å². The third kappa shape index (κ3) is 5.94. The molecule has 2 N–H and O–H groups in total. The summed E-state index contributed by atoms with van der Waals surface area (Å²) in [5.74, 6) is 0.224. The van der Waals surface area contributed by atoms with Gasteiger partial charge >= 0.3 is 6.03 Å². The van der Waals surface area contributed by atoms with E-state index in [1.54, 1.807) is 0 Å². The minimum atomic E-state index is -0.328. The molecule has 0 saturated carbocycles. The largest absolute Gasteiger partial charge is 0.393 e. The molecule has 6 nitrogen and oxygen atoms in total.